The minimum atomic E-state index is -0.576. The summed E-state index contributed by atoms with van der Waals surface area (Å²) in [6, 6.07) is 6.05. The SMILES string of the molecule is CC1(C)CC2CC(C)(CN2C(=O)C(=O)NCc2ccc(F)cc2)C1. The van der Waals surface area contributed by atoms with E-state index < -0.39 is 11.8 Å². The van der Waals surface area contributed by atoms with E-state index in [9.17, 15) is 14.0 Å². The summed E-state index contributed by atoms with van der Waals surface area (Å²) in [4.78, 5) is 26.6. The average Bonchev–Trinajstić information content (AvgIpc) is 2.74. The second kappa shape index (κ2) is 5.87. The van der Waals surface area contributed by atoms with Gasteiger partial charge in [-0.15, -0.1) is 0 Å². The molecule has 4 nitrogen and oxygen atoms in total. The van der Waals surface area contributed by atoms with E-state index in [0.717, 1.165) is 24.8 Å². The van der Waals surface area contributed by atoms with Crippen LogP contribution >= 0.6 is 0 Å². The lowest BCUT2D eigenvalue weighted by Gasteiger charge is -2.39. The van der Waals surface area contributed by atoms with Crippen LogP contribution in [0.3, 0.4) is 0 Å². The first-order valence-corrected chi connectivity index (χ1v) is 8.51. The number of likely N-dealkylation sites (tertiary alicyclic amines) is 1. The Morgan fingerprint density at radius 1 is 1.21 bits per heavy atom. The lowest BCUT2D eigenvalue weighted by Crippen LogP contribution is -2.45. The van der Waals surface area contributed by atoms with Crippen LogP contribution in [0.2, 0.25) is 0 Å². The highest BCUT2D eigenvalue weighted by Crippen LogP contribution is 2.52. The molecule has 24 heavy (non-hydrogen) atoms. The van der Waals surface area contributed by atoms with E-state index in [4.69, 9.17) is 0 Å². The third-order valence-electron chi connectivity index (χ3n) is 5.24. The van der Waals surface area contributed by atoms with Crippen molar-refractivity contribution in [1.82, 2.24) is 10.2 Å². The highest BCUT2D eigenvalue weighted by molar-refractivity contribution is 6.35. The van der Waals surface area contributed by atoms with Gasteiger partial charge in [0.2, 0.25) is 0 Å². The summed E-state index contributed by atoms with van der Waals surface area (Å²) in [5.74, 6) is -1.34. The van der Waals surface area contributed by atoms with E-state index >= 15 is 0 Å². The molecule has 1 N–H and O–H groups in total. The van der Waals surface area contributed by atoms with Gasteiger partial charge in [-0.2, -0.15) is 0 Å². The summed E-state index contributed by atoms with van der Waals surface area (Å²) in [5.41, 5.74) is 1.09. The van der Waals surface area contributed by atoms with E-state index in [-0.39, 0.29) is 29.2 Å². The van der Waals surface area contributed by atoms with Crippen molar-refractivity contribution < 1.29 is 14.0 Å². The fourth-order valence-electron chi connectivity index (χ4n) is 4.69. The van der Waals surface area contributed by atoms with Gasteiger partial charge in [0.1, 0.15) is 5.82 Å². The number of halogens is 1. The quantitative estimate of drug-likeness (QED) is 0.847. The van der Waals surface area contributed by atoms with Crippen LogP contribution in [0.5, 0.6) is 0 Å². The van der Waals surface area contributed by atoms with Gasteiger partial charge in [-0.1, -0.05) is 32.9 Å². The first-order valence-electron chi connectivity index (χ1n) is 8.51. The van der Waals surface area contributed by atoms with Crippen molar-refractivity contribution in [2.45, 2.75) is 52.6 Å². The van der Waals surface area contributed by atoms with Crippen molar-refractivity contribution in [3.8, 4) is 0 Å². The number of carbonyl (C=O) groups excluding carboxylic acids is 2. The third kappa shape index (κ3) is 3.45. The number of nitrogens with one attached hydrogen (secondary N) is 1. The number of hydrogen-bond acceptors (Lipinski definition) is 2. The van der Waals surface area contributed by atoms with Gasteiger partial charge in [-0.3, -0.25) is 9.59 Å². The number of amides is 2. The highest BCUT2D eigenvalue weighted by atomic mass is 19.1. The zero-order valence-electron chi connectivity index (χ0n) is 14.6. The number of nitrogens with zero attached hydrogens (tertiary/aromatic N) is 1. The maximum Gasteiger partial charge on any atom is 0.312 e. The first-order chi connectivity index (χ1) is 11.2. The predicted octanol–water partition coefficient (Wildman–Crippen LogP) is 2.87. The highest BCUT2D eigenvalue weighted by Gasteiger charge is 2.51. The molecule has 1 heterocycles. The molecule has 130 valence electrons. The second-order valence-electron chi connectivity index (χ2n) is 8.46. The molecule has 1 aromatic carbocycles. The minimum absolute atomic E-state index is 0.110. The minimum Gasteiger partial charge on any atom is -0.344 e. The fourth-order valence-corrected chi connectivity index (χ4v) is 4.69. The molecule has 1 saturated heterocycles. The smallest absolute Gasteiger partial charge is 0.312 e. The second-order valence-corrected chi connectivity index (χ2v) is 8.46. The Morgan fingerprint density at radius 3 is 2.54 bits per heavy atom. The molecule has 5 heteroatoms. The fraction of sp³-hybridized carbons (Fsp3) is 0.579. The molecule has 0 aromatic heterocycles. The molecule has 2 amide bonds. The molecule has 0 radical (unpaired) electrons. The topological polar surface area (TPSA) is 49.4 Å². The molecule has 0 spiro atoms. The summed E-state index contributed by atoms with van der Waals surface area (Å²) >= 11 is 0. The van der Waals surface area contributed by atoms with Gasteiger partial charge in [-0.25, -0.2) is 4.39 Å². The Morgan fingerprint density at radius 2 is 1.88 bits per heavy atom. The Hall–Kier alpha value is -1.91. The molecule has 1 saturated carbocycles. The van der Waals surface area contributed by atoms with E-state index in [1.54, 1.807) is 17.0 Å². The van der Waals surface area contributed by atoms with Gasteiger partial charge in [0.25, 0.3) is 0 Å². The molecule has 2 unspecified atom stereocenters. The lowest BCUT2D eigenvalue weighted by atomic mass is 9.65. The Labute approximate surface area is 142 Å². The largest absolute Gasteiger partial charge is 0.344 e. The molecule has 3 rings (SSSR count). The normalized spacial score (nSPS) is 27.8. The van der Waals surface area contributed by atoms with Gasteiger partial charge in [0.15, 0.2) is 0 Å². The van der Waals surface area contributed by atoms with Crippen LogP contribution < -0.4 is 5.32 Å². The van der Waals surface area contributed by atoms with Gasteiger partial charge < -0.3 is 10.2 Å². The van der Waals surface area contributed by atoms with Crippen molar-refractivity contribution in [2.75, 3.05) is 6.54 Å². The number of hydrogen-bond donors (Lipinski definition) is 1. The van der Waals surface area contributed by atoms with Crippen LogP contribution in [0.1, 0.15) is 45.6 Å². The molecule has 1 aliphatic carbocycles. The van der Waals surface area contributed by atoms with E-state index in [2.05, 4.69) is 26.1 Å². The van der Waals surface area contributed by atoms with Crippen LogP contribution in [-0.2, 0) is 16.1 Å². The van der Waals surface area contributed by atoms with E-state index in [0.29, 0.717) is 6.54 Å². The zero-order valence-corrected chi connectivity index (χ0v) is 14.6. The van der Waals surface area contributed by atoms with Crippen molar-refractivity contribution in [3.63, 3.8) is 0 Å². The van der Waals surface area contributed by atoms with Crippen molar-refractivity contribution >= 4 is 11.8 Å². The van der Waals surface area contributed by atoms with Crippen molar-refractivity contribution in [3.05, 3.63) is 35.6 Å². The van der Waals surface area contributed by atoms with Gasteiger partial charge in [0, 0.05) is 19.1 Å². The third-order valence-corrected chi connectivity index (χ3v) is 5.24. The summed E-state index contributed by atoms with van der Waals surface area (Å²) in [7, 11) is 0. The van der Waals surface area contributed by atoms with Crippen LogP contribution in [0, 0.1) is 16.6 Å². The molecular formula is C19H25FN2O2. The average molecular weight is 332 g/mol. The summed E-state index contributed by atoms with van der Waals surface area (Å²) in [6.07, 6.45) is 3.00. The molecule has 2 aliphatic rings. The lowest BCUT2D eigenvalue weighted by molar-refractivity contribution is -0.146. The summed E-state index contributed by atoms with van der Waals surface area (Å²) in [6.45, 7) is 7.57. The van der Waals surface area contributed by atoms with Gasteiger partial charge in [0.05, 0.1) is 0 Å². The first kappa shape index (κ1) is 16.9. The van der Waals surface area contributed by atoms with Crippen LogP contribution in [0.4, 0.5) is 4.39 Å². The summed E-state index contributed by atoms with van der Waals surface area (Å²) in [5, 5.41) is 2.66. The van der Waals surface area contributed by atoms with Gasteiger partial charge >= 0.3 is 11.8 Å². The predicted molar refractivity (Wildman–Crippen MR) is 89.5 cm³/mol. The van der Waals surface area contributed by atoms with Crippen LogP contribution in [-0.4, -0.2) is 29.3 Å². The number of carbonyl (C=O) groups is 2. The van der Waals surface area contributed by atoms with Gasteiger partial charge in [-0.05, 0) is 47.8 Å². The molecule has 1 aromatic rings. The standard InChI is InChI=1S/C19H25FN2O2/c1-18(2)8-15-9-19(3,11-18)12-22(15)17(24)16(23)21-10-13-4-6-14(20)7-5-13/h4-7,15H,8-12H2,1-3H3,(H,21,23). The van der Waals surface area contributed by atoms with Crippen LogP contribution in [0.15, 0.2) is 24.3 Å². The van der Waals surface area contributed by atoms with Crippen molar-refractivity contribution in [1.29, 1.82) is 0 Å². The molecule has 2 fully saturated rings. The Kier molecular flexibility index (Phi) is 4.14. The van der Waals surface area contributed by atoms with E-state index in [1.807, 2.05) is 0 Å². The molecular weight excluding hydrogens is 307 g/mol. The van der Waals surface area contributed by atoms with E-state index in [1.165, 1.54) is 12.1 Å². The monoisotopic (exact) mass is 332 g/mol. The molecule has 1 aliphatic heterocycles. The molecule has 2 bridgehead atoms. The summed E-state index contributed by atoms with van der Waals surface area (Å²) < 4.78 is 12.9. The maximum atomic E-state index is 12.9. The Bertz CT molecular complexity index is 656. The zero-order chi connectivity index (χ0) is 17.5. The van der Waals surface area contributed by atoms with Crippen LogP contribution in [0.25, 0.3) is 0 Å². The van der Waals surface area contributed by atoms with Crippen molar-refractivity contribution in [2.24, 2.45) is 10.8 Å². The number of benzene rings is 1. The number of rotatable bonds is 2. The number of fused-ring (bicyclic) bond motifs is 2. The Balaban J connectivity index is 1.62. The molecule has 2 atom stereocenters. The maximum absolute atomic E-state index is 12.9.